The number of halogens is 3. The molecule has 0 saturated carbocycles. The van der Waals surface area contributed by atoms with Gasteiger partial charge in [-0.15, -0.1) is 0 Å². The van der Waals surface area contributed by atoms with Crippen LogP contribution < -0.4 is 5.32 Å². The van der Waals surface area contributed by atoms with E-state index in [1.54, 1.807) is 21.9 Å². The van der Waals surface area contributed by atoms with E-state index >= 15 is 0 Å². The van der Waals surface area contributed by atoms with Gasteiger partial charge in [0.25, 0.3) is 11.8 Å². The molecule has 2 saturated heterocycles. The lowest BCUT2D eigenvalue weighted by atomic mass is 10.0. The molecule has 0 aliphatic carbocycles. The summed E-state index contributed by atoms with van der Waals surface area (Å²) in [6, 6.07) is 4.82. The predicted molar refractivity (Wildman–Crippen MR) is 119 cm³/mol. The van der Waals surface area contributed by atoms with Crippen LogP contribution in [0.3, 0.4) is 0 Å². The number of nitrogens with one attached hydrogen (secondary N) is 1. The Bertz CT molecular complexity index is 1110. The molecule has 2 aliphatic rings. The van der Waals surface area contributed by atoms with E-state index in [0.29, 0.717) is 17.0 Å². The molecule has 2 aliphatic heterocycles. The van der Waals surface area contributed by atoms with Crippen molar-refractivity contribution in [1.82, 2.24) is 30.1 Å². The first-order valence-corrected chi connectivity index (χ1v) is 10.9. The number of morpholine rings is 1. The van der Waals surface area contributed by atoms with Crippen molar-refractivity contribution in [3.63, 3.8) is 0 Å². The van der Waals surface area contributed by atoms with Crippen LogP contribution in [0.4, 0.5) is 8.78 Å². The SMILES string of the molecule is C=CC(=O)N1CC(c2cc(Cl)nc(-c3cc(C(=O)NC)ncn3)c2)O[C@@H](CN2CC(F)(F)C2)C1. The Morgan fingerprint density at radius 2 is 2.03 bits per heavy atom. The van der Waals surface area contributed by atoms with Gasteiger partial charge in [-0.05, 0) is 29.8 Å². The number of carbonyl (C=O) groups is 2. The molecule has 0 bridgehead atoms. The first kappa shape index (κ1) is 24.1. The summed E-state index contributed by atoms with van der Waals surface area (Å²) in [5.41, 5.74) is 1.57. The first-order valence-electron chi connectivity index (χ1n) is 10.6. The second-order valence-corrected chi connectivity index (χ2v) is 8.58. The van der Waals surface area contributed by atoms with Crippen molar-refractivity contribution in [2.45, 2.75) is 18.1 Å². The van der Waals surface area contributed by atoms with E-state index in [0.717, 1.165) is 0 Å². The molecule has 2 aromatic rings. The standard InChI is InChI=1S/C22H23ClF2N6O3/c1-3-20(32)31-8-14(7-30-10-22(24,25)11-30)34-18(9-31)13-4-16(29-19(23)5-13)15-6-17(21(33)26-2)28-12-27-15/h3-6,12,14,18H,1,7-11H2,2H3,(H,26,33)/t14-,18?/m0/s1. The van der Waals surface area contributed by atoms with Crippen LogP contribution in [0.25, 0.3) is 11.4 Å². The Morgan fingerprint density at radius 3 is 2.71 bits per heavy atom. The quantitative estimate of drug-likeness (QED) is 0.486. The van der Waals surface area contributed by atoms with Gasteiger partial charge in [0, 0.05) is 20.1 Å². The van der Waals surface area contributed by atoms with Gasteiger partial charge in [0.1, 0.15) is 23.3 Å². The molecule has 2 fully saturated rings. The maximum atomic E-state index is 13.3. The van der Waals surface area contributed by atoms with Crippen molar-refractivity contribution in [3.8, 4) is 11.4 Å². The van der Waals surface area contributed by atoms with Crippen molar-refractivity contribution < 1.29 is 23.1 Å². The minimum absolute atomic E-state index is 0.166. The van der Waals surface area contributed by atoms with E-state index in [1.165, 1.54) is 25.5 Å². The molecular formula is C22H23ClF2N6O3. The number of nitrogens with zero attached hydrogens (tertiary/aromatic N) is 5. The number of alkyl halides is 2. The highest BCUT2D eigenvalue weighted by molar-refractivity contribution is 6.29. The normalized spacial score (nSPS) is 22.1. The summed E-state index contributed by atoms with van der Waals surface area (Å²) < 4.78 is 32.8. The number of carbonyl (C=O) groups excluding carboxylic acids is 2. The Hall–Kier alpha value is -3.02. The molecule has 0 aromatic carbocycles. The third-order valence-electron chi connectivity index (χ3n) is 5.60. The smallest absolute Gasteiger partial charge is 0.272 e. The Labute approximate surface area is 199 Å². The third-order valence-corrected chi connectivity index (χ3v) is 5.80. The summed E-state index contributed by atoms with van der Waals surface area (Å²) in [6.45, 7) is 3.63. The molecule has 0 radical (unpaired) electrons. The molecule has 34 heavy (non-hydrogen) atoms. The number of ether oxygens (including phenoxy) is 1. The number of hydrogen-bond acceptors (Lipinski definition) is 7. The zero-order valence-electron chi connectivity index (χ0n) is 18.4. The van der Waals surface area contributed by atoms with Gasteiger partial charge < -0.3 is 15.0 Å². The Morgan fingerprint density at radius 1 is 1.26 bits per heavy atom. The summed E-state index contributed by atoms with van der Waals surface area (Å²) in [7, 11) is 1.49. The molecule has 4 heterocycles. The Balaban J connectivity index is 1.60. The monoisotopic (exact) mass is 492 g/mol. The maximum absolute atomic E-state index is 13.3. The van der Waals surface area contributed by atoms with Gasteiger partial charge in [-0.25, -0.2) is 23.7 Å². The molecule has 2 aromatic heterocycles. The lowest BCUT2D eigenvalue weighted by Crippen LogP contribution is -2.60. The number of hydrogen-bond donors (Lipinski definition) is 1. The van der Waals surface area contributed by atoms with Gasteiger partial charge in [0.05, 0.1) is 37.1 Å². The maximum Gasteiger partial charge on any atom is 0.272 e. The summed E-state index contributed by atoms with van der Waals surface area (Å²) in [6.07, 6.45) is 1.41. The van der Waals surface area contributed by atoms with Crippen molar-refractivity contribution in [2.75, 3.05) is 39.8 Å². The van der Waals surface area contributed by atoms with Gasteiger partial charge in [-0.3, -0.25) is 14.5 Å². The average Bonchev–Trinajstić information content (AvgIpc) is 2.81. The van der Waals surface area contributed by atoms with Crippen LogP contribution >= 0.6 is 11.6 Å². The summed E-state index contributed by atoms with van der Waals surface area (Å²) in [5, 5.41) is 2.67. The van der Waals surface area contributed by atoms with Gasteiger partial charge in [-0.1, -0.05) is 18.2 Å². The highest BCUT2D eigenvalue weighted by atomic mass is 35.5. The first-order chi connectivity index (χ1) is 16.2. The van der Waals surface area contributed by atoms with Crippen LogP contribution in [0.1, 0.15) is 22.2 Å². The predicted octanol–water partition coefficient (Wildman–Crippen LogP) is 1.96. The van der Waals surface area contributed by atoms with Crippen LogP contribution in [0, 0.1) is 0 Å². The zero-order valence-corrected chi connectivity index (χ0v) is 19.1. The number of aromatic nitrogens is 3. The van der Waals surface area contributed by atoms with E-state index in [-0.39, 0.29) is 55.4 Å². The molecule has 4 rings (SSSR count). The number of rotatable bonds is 6. The molecule has 180 valence electrons. The van der Waals surface area contributed by atoms with Crippen molar-refractivity contribution in [2.24, 2.45) is 0 Å². The molecule has 1 unspecified atom stereocenters. The largest absolute Gasteiger partial charge is 0.365 e. The number of pyridine rings is 1. The molecule has 0 spiro atoms. The minimum Gasteiger partial charge on any atom is -0.365 e. The average molecular weight is 493 g/mol. The molecule has 1 N–H and O–H groups in total. The molecule has 9 nitrogen and oxygen atoms in total. The molecule has 12 heteroatoms. The van der Waals surface area contributed by atoms with Gasteiger partial charge in [-0.2, -0.15) is 0 Å². The summed E-state index contributed by atoms with van der Waals surface area (Å²) in [5.74, 6) is -3.35. The lowest BCUT2D eigenvalue weighted by molar-refractivity contribution is -0.165. The summed E-state index contributed by atoms with van der Waals surface area (Å²) in [4.78, 5) is 39.9. The second-order valence-electron chi connectivity index (χ2n) is 8.20. The van der Waals surface area contributed by atoms with E-state index in [9.17, 15) is 18.4 Å². The fourth-order valence-corrected chi connectivity index (χ4v) is 4.26. The summed E-state index contributed by atoms with van der Waals surface area (Å²) >= 11 is 6.28. The van der Waals surface area contributed by atoms with Crippen LogP contribution in [0.2, 0.25) is 5.15 Å². The van der Waals surface area contributed by atoms with Gasteiger partial charge in [0.15, 0.2) is 0 Å². The van der Waals surface area contributed by atoms with E-state index in [2.05, 4.69) is 26.8 Å². The highest BCUT2D eigenvalue weighted by Gasteiger charge is 2.45. The van der Waals surface area contributed by atoms with Gasteiger partial charge >= 0.3 is 0 Å². The zero-order chi connectivity index (χ0) is 24.5. The van der Waals surface area contributed by atoms with E-state index in [1.807, 2.05) is 0 Å². The lowest BCUT2D eigenvalue weighted by Gasteiger charge is -2.44. The Kier molecular flexibility index (Phi) is 6.87. The van der Waals surface area contributed by atoms with Crippen molar-refractivity contribution in [1.29, 1.82) is 0 Å². The van der Waals surface area contributed by atoms with Crippen LogP contribution in [0.5, 0.6) is 0 Å². The topological polar surface area (TPSA) is 101 Å². The molecular weight excluding hydrogens is 470 g/mol. The van der Waals surface area contributed by atoms with Crippen molar-refractivity contribution >= 4 is 23.4 Å². The second kappa shape index (κ2) is 9.69. The molecule has 2 amide bonds. The fourth-order valence-electron chi connectivity index (χ4n) is 4.04. The third kappa shape index (κ3) is 5.37. The van der Waals surface area contributed by atoms with Gasteiger partial charge in [0.2, 0.25) is 5.91 Å². The van der Waals surface area contributed by atoms with Crippen LogP contribution in [0.15, 0.2) is 37.2 Å². The minimum atomic E-state index is -2.69. The van der Waals surface area contributed by atoms with Crippen molar-refractivity contribution in [3.05, 3.63) is 53.6 Å². The fraction of sp³-hybridized carbons (Fsp3) is 0.409. The van der Waals surface area contributed by atoms with Crippen LogP contribution in [-0.4, -0.2) is 88.4 Å². The van der Waals surface area contributed by atoms with E-state index in [4.69, 9.17) is 16.3 Å². The number of likely N-dealkylation sites (tertiary alicyclic amines) is 1. The molecule has 2 atom stereocenters. The van der Waals surface area contributed by atoms with Crippen LogP contribution in [-0.2, 0) is 9.53 Å². The van der Waals surface area contributed by atoms with E-state index < -0.39 is 18.1 Å². The highest BCUT2D eigenvalue weighted by Crippen LogP contribution is 2.32. The number of amides is 2.